The Morgan fingerprint density at radius 1 is 1.15 bits per heavy atom. The molecule has 1 aromatic carbocycles. The maximum absolute atomic E-state index is 12.2. The molecule has 0 spiro atoms. The normalized spacial score (nSPS) is 13.1. The third-order valence-electron chi connectivity index (χ3n) is 3.11. The van der Waals surface area contributed by atoms with Crippen molar-refractivity contribution < 1.29 is 22.6 Å². The summed E-state index contributed by atoms with van der Waals surface area (Å²) in [5.74, 6) is 1.18. The minimum Gasteiger partial charge on any atom is -0.493 e. The van der Waals surface area contributed by atoms with E-state index >= 15 is 0 Å². The predicted octanol–water partition coefficient (Wildman–Crippen LogP) is 3.18. The zero-order valence-electron chi connectivity index (χ0n) is 11.9. The van der Waals surface area contributed by atoms with Crippen molar-refractivity contribution in [2.75, 3.05) is 21.3 Å². The van der Waals surface area contributed by atoms with Crippen molar-refractivity contribution in [3.8, 4) is 11.5 Å². The van der Waals surface area contributed by atoms with E-state index in [0.29, 0.717) is 17.9 Å². The summed E-state index contributed by atoms with van der Waals surface area (Å²) in [5.41, 5.74) is 0.907. The first-order chi connectivity index (χ1) is 9.39. The van der Waals surface area contributed by atoms with Crippen LogP contribution in [0, 0.1) is 0 Å². The number of rotatable bonds is 7. The Morgan fingerprint density at radius 3 is 2.30 bits per heavy atom. The molecule has 3 nitrogen and oxygen atoms in total. The van der Waals surface area contributed by atoms with E-state index in [-0.39, 0.29) is 12.5 Å². The summed E-state index contributed by atoms with van der Waals surface area (Å²) in [6.07, 6.45) is -4.35. The lowest BCUT2D eigenvalue weighted by atomic mass is 10.0. The van der Waals surface area contributed by atoms with E-state index in [4.69, 9.17) is 9.47 Å². The Kier molecular flexibility index (Phi) is 6.13. The van der Waals surface area contributed by atoms with Crippen molar-refractivity contribution in [1.29, 1.82) is 0 Å². The highest BCUT2D eigenvalue weighted by Crippen LogP contribution is 2.29. The van der Waals surface area contributed by atoms with Crippen LogP contribution in [0.2, 0.25) is 0 Å². The van der Waals surface area contributed by atoms with Gasteiger partial charge in [0.25, 0.3) is 0 Å². The number of ether oxygens (including phenoxy) is 2. The zero-order chi connectivity index (χ0) is 15.2. The molecule has 1 rings (SSSR count). The van der Waals surface area contributed by atoms with Crippen LogP contribution in [0.5, 0.6) is 11.5 Å². The number of benzene rings is 1. The van der Waals surface area contributed by atoms with Gasteiger partial charge in [-0.1, -0.05) is 6.07 Å². The maximum atomic E-state index is 12.2. The number of alkyl halides is 3. The molecule has 1 N–H and O–H groups in total. The summed E-state index contributed by atoms with van der Waals surface area (Å²) in [5, 5.41) is 2.92. The molecule has 20 heavy (non-hydrogen) atoms. The number of hydrogen-bond donors (Lipinski definition) is 1. The quantitative estimate of drug-likeness (QED) is 0.837. The largest absolute Gasteiger partial charge is 0.493 e. The van der Waals surface area contributed by atoms with Gasteiger partial charge in [0.2, 0.25) is 0 Å². The van der Waals surface area contributed by atoms with Gasteiger partial charge in [0, 0.05) is 12.5 Å². The van der Waals surface area contributed by atoms with Crippen LogP contribution >= 0.6 is 0 Å². The summed E-state index contributed by atoms with van der Waals surface area (Å²) < 4.78 is 47.0. The van der Waals surface area contributed by atoms with Crippen molar-refractivity contribution in [2.24, 2.45) is 0 Å². The lowest BCUT2D eigenvalue weighted by Gasteiger charge is -2.18. The topological polar surface area (TPSA) is 30.5 Å². The standard InChI is InChI=1S/C14H20F3NO2/c1-18-11(6-7-14(15,16)17)8-10-4-5-12(19-2)13(9-10)20-3/h4-5,9,11,18H,6-8H2,1-3H3. The molecule has 0 radical (unpaired) electrons. The van der Waals surface area contributed by atoms with Crippen molar-refractivity contribution in [1.82, 2.24) is 5.32 Å². The molecule has 0 aliphatic rings. The lowest BCUT2D eigenvalue weighted by Crippen LogP contribution is -2.29. The Bertz CT molecular complexity index is 421. The van der Waals surface area contributed by atoms with Gasteiger partial charge >= 0.3 is 6.18 Å². The Morgan fingerprint density at radius 2 is 1.80 bits per heavy atom. The number of halogens is 3. The highest BCUT2D eigenvalue weighted by atomic mass is 19.4. The molecular formula is C14H20F3NO2. The average molecular weight is 291 g/mol. The van der Waals surface area contributed by atoms with Crippen molar-refractivity contribution in [2.45, 2.75) is 31.5 Å². The van der Waals surface area contributed by atoms with Gasteiger partial charge in [0.15, 0.2) is 11.5 Å². The zero-order valence-corrected chi connectivity index (χ0v) is 11.9. The van der Waals surface area contributed by atoms with Crippen LogP contribution in [0.1, 0.15) is 18.4 Å². The van der Waals surface area contributed by atoms with Crippen LogP contribution in [-0.4, -0.2) is 33.5 Å². The molecule has 0 fully saturated rings. The fourth-order valence-electron chi connectivity index (χ4n) is 1.98. The van der Waals surface area contributed by atoms with Gasteiger partial charge in [-0.05, 0) is 37.6 Å². The van der Waals surface area contributed by atoms with Crippen molar-refractivity contribution >= 4 is 0 Å². The molecule has 6 heteroatoms. The fraction of sp³-hybridized carbons (Fsp3) is 0.571. The van der Waals surface area contributed by atoms with Crippen LogP contribution in [0.4, 0.5) is 13.2 Å². The van der Waals surface area contributed by atoms with Crippen LogP contribution in [0.3, 0.4) is 0 Å². The second-order valence-corrected chi connectivity index (χ2v) is 4.53. The Hall–Kier alpha value is -1.43. The Labute approximate surface area is 117 Å². The first-order valence-electron chi connectivity index (χ1n) is 6.34. The first-order valence-corrected chi connectivity index (χ1v) is 6.34. The van der Waals surface area contributed by atoms with Gasteiger partial charge in [-0.15, -0.1) is 0 Å². The maximum Gasteiger partial charge on any atom is 0.389 e. The summed E-state index contributed by atoms with van der Waals surface area (Å²) in [6, 6.07) is 5.15. The van der Waals surface area contributed by atoms with E-state index < -0.39 is 12.6 Å². The van der Waals surface area contributed by atoms with Gasteiger partial charge in [0.05, 0.1) is 14.2 Å². The molecule has 0 aliphatic carbocycles. The first kappa shape index (κ1) is 16.6. The molecule has 1 atom stereocenters. The van der Waals surface area contributed by atoms with Gasteiger partial charge in [0.1, 0.15) is 0 Å². The second kappa shape index (κ2) is 7.38. The number of likely N-dealkylation sites (N-methyl/N-ethyl adjacent to an activating group) is 1. The molecule has 114 valence electrons. The molecule has 0 saturated heterocycles. The average Bonchev–Trinajstić information content (AvgIpc) is 2.42. The molecular weight excluding hydrogens is 271 g/mol. The van der Waals surface area contributed by atoms with E-state index in [0.717, 1.165) is 5.56 Å². The monoisotopic (exact) mass is 291 g/mol. The summed E-state index contributed by atoms with van der Waals surface area (Å²) in [7, 11) is 4.74. The molecule has 0 bridgehead atoms. The summed E-state index contributed by atoms with van der Waals surface area (Å²) in [4.78, 5) is 0. The highest BCUT2D eigenvalue weighted by molar-refractivity contribution is 5.43. The van der Waals surface area contributed by atoms with E-state index in [1.807, 2.05) is 6.07 Å². The van der Waals surface area contributed by atoms with Gasteiger partial charge < -0.3 is 14.8 Å². The highest BCUT2D eigenvalue weighted by Gasteiger charge is 2.28. The van der Waals surface area contributed by atoms with Crippen LogP contribution in [0.15, 0.2) is 18.2 Å². The van der Waals surface area contributed by atoms with Crippen molar-refractivity contribution in [3.63, 3.8) is 0 Å². The third-order valence-corrected chi connectivity index (χ3v) is 3.11. The lowest BCUT2D eigenvalue weighted by molar-refractivity contribution is -0.136. The van der Waals surface area contributed by atoms with Crippen molar-refractivity contribution in [3.05, 3.63) is 23.8 Å². The Balaban J connectivity index is 2.70. The summed E-state index contributed by atoms with van der Waals surface area (Å²) >= 11 is 0. The number of nitrogens with one attached hydrogen (secondary N) is 1. The molecule has 0 aromatic heterocycles. The molecule has 0 aliphatic heterocycles. The van der Waals surface area contributed by atoms with E-state index in [2.05, 4.69) is 5.32 Å². The molecule has 0 heterocycles. The smallest absolute Gasteiger partial charge is 0.389 e. The molecule has 0 saturated carbocycles. The van der Waals surface area contributed by atoms with Crippen LogP contribution in [0.25, 0.3) is 0 Å². The van der Waals surface area contributed by atoms with Gasteiger partial charge in [-0.2, -0.15) is 13.2 Å². The predicted molar refractivity (Wildman–Crippen MR) is 71.4 cm³/mol. The van der Waals surface area contributed by atoms with Gasteiger partial charge in [-0.3, -0.25) is 0 Å². The van der Waals surface area contributed by atoms with Crippen LogP contribution < -0.4 is 14.8 Å². The van der Waals surface area contributed by atoms with Crippen LogP contribution in [-0.2, 0) is 6.42 Å². The third kappa shape index (κ3) is 5.28. The molecule has 1 aromatic rings. The van der Waals surface area contributed by atoms with Gasteiger partial charge in [-0.25, -0.2) is 0 Å². The minimum atomic E-state index is -4.12. The summed E-state index contributed by atoms with van der Waals surface area (Å²) in [6.45, 7) is 0. The molecule has 1 unspecified atom stereocenters. The molecule has 0 amide bonds. The second-order valence-electron chi connectivity index (χ2n) is 4.53. The van der Waals surface area contributed by atoms with E-state index in [1.54, 1.807) is 19.2 Å². The fourth-order valence-corrected chi connectivity index (χ4v) is 1.98. The number of hydrogen-bond acceptors (Lipinski definition) is 3. The minimum absolute atomic E-state index is 0.0499. The SMILES string of the molecule is CNC(CCC(F)(F)F)Cc1ccc(OC)c(OC)c1. The number of methoxy groups -OCH3 is 2. The van der Waals surface area contributed by atoms with E-state index in [1.165, 1.54) is 14.2 Å². The van der Waals surface area contributed by atoms with E-state index in [9.17, 15) is 13.2 Å².